The molecule has 1 atom stereocenters. The Labute approximate surface area is 125 Å². The molecule has 1 aromatic carbocycles. The highest BCUT2D eigenvalue weighted by atomic mass is 16.3. The largest absolute Gasteiger partial charge is 0.508 e. The molecule has 0 heterocycles. The quantitative estimate of drug-likeness (QED) is 0.672. The Kier molecular flexibility index (Phi) is 4.73. The van der Waals surface area contributed by atoms with Crippen LogP contribution in [-0.2, 0) is 6.42 Å². The summed E-state index contributed by atoms with van der Waals surface area (Å²) in [6, 6.07) is 5.03. The zero-order valence-corrected chi connectivity index (χ0v) is 12.6. The summed E-state index contributed by atoms with van der Waals surface area (Å²) in [7, 11) is 0. The molecule has 2 rings (SSSR count). The molecule has 2 amide bonds. The molecule has 0 bridgehead atoms. The van der Waals surface area contributed by atoms with Gasteiger partial charge in [0.1, 0.15) is 5.75 Å². The standard InChI is InChI=1S/C16H24N2O3/c1-3-16(21,4-2)10-17-15(20)18-13-9-8-12-11(13)6-5-7-14(12)19/h5-7,13,19,21H,3-4,8-10H2,1-2H3,(H2,17,18,20). The van der Waals surface area contributed by atoms with E-state index in [2.05, 4.69) is 10.6 Å². The van der Waals surface area contributed by atoms with Crippen molar-refractivity contribution in [3.05, 3.63) is 29.3 Å². The average Bonchev–Trinajstić information content (AvgIpc) is 2.89. The van der Waals surface area contributed by atoms with Crippen LogP contribution in [0.3, 0.4) is 0 Å². The Bertz CT molecular complexity index is 512. The Balaban J connectivity index is 1.92. The highest BCUT2D eigenvalue weighted by molar-refractivity contribution is 5.74. The van der Waals surface area contributed by atoms with E-state index in [0.717, 1.165) is 24.0 Å². The first-order valence-electron chi connectivity index (χ1n) is 7.56. The number of carbonyl (C=O) groups is 1. The van der Waals surface area contributed by atoms with Crippen LogP contribution in [-0.4, -0.2) is 28.4 Å². The summed E-state index contributed by atoms with van der Waals surface area (Å²) in [5, 5.41) is 25.6. The Morgan fingerprint density at radius 1 is 1.38 bits per heavy atom. The van der Waals surface area contributed by atoms with Crippen molar-refractivity contribution in [1.82, 2.24) is 10.6 Å². The van der Waals surface area contributed by atoms with Gasteiger partial charge in [-0.05, 0) is 42.9 Å². The smallest absolute Gasteiger partial charge is 0.315 e. The minimum atomic E-state index is -0.844. The zero-order valence-electron chi connectivity index (χ0n) is 12.6. The van der Waals surface area contributed by atoms with E-state index in [4.69, 9.17) is 0 Å². The molecule has 5 nitrogen and oxygen atoms in total. The SMILES string of the molecule is CCC(O)(CC)CNC(=O)NC1CCc2c(O)cccc21. The molecule has 21 heavy (non-hydrogen) atoms. The normalized spacial score (nSPS) is 17.4. The van der Waals surface area contributed by atoms with Crippen molar-refractivity contribution in [3.63, 3.8) is 0 Å². The second-order valence-corrected chi connectivity index (χ2v) is 5.69. The number of rotatable bonds is 5. The molecule has 1 aromatic rings. The molecular weight excluding hydrogens is 268 g/mol. The molecule has 5 heteroatoms. The van der Waals surface area contributed by atoms with E-state index in [9.17, 15) is 15.0 Å². The van der Waals surface area contributed by atoms with Crippen molar-refractivity contribution < 1.29 is 15.0 Å². The average molecular weight is 292 g/mol. The molecule has 0 radical (unpaired) electrons. The second kappa shape index (κ2) is 6.35. The van der Waals surface area contributed by atoms with Crippen LogP contribution in [0.15, 0.2) is 18.2 Å². The number of amides is 2. The summed E-state index contributed by atoms with van der Waals surface area (Å²) in [5.41, 5.74) is 1.05. The lowest BCUT2D eigenvalue weighted by molar-refractivity contribution is 0.0348. The predicted molar refractivity (Wildman–Crippen MR) is 81.2 cm³/mol. The van der Waals surface area contributed by atoms with Crippen LogP contribution in [0.5, 0.6) is 5.75 Å². The third-order valence-electron chi connectivity index (χ3n) is 4.45. The summed E-state index contributed by atoms with van der Waals surface area (Å²) in [6.45, 7) is 4.05. The van der Waals surface area contributed by atoms with Gasteiger partial charge in [0, 0.05) is 6.54 Å². The first-order chi connectivity index (χ1) is 9.99. The Hall–Kier alpha value is -1.75. The molecule has 4 N–H and O–H groups in total. The van der Waals surface area contributed by atoms with Crippen molar-refractivity contribution in [1.29, 1.82) is 0 Å². The van der Waals surface area contributed by atoms with Gasteiger partial charge in [-0.3, -0.25) is 0 Å². The van der Waals surface area contributed by atoms with E-state index < -0.39 is 5.60 Å². The third kappa shape index (κ3) is 3.47. The molecule has 0 saturated carbocycles. The number of urea groups is 1. The molecule has 0 aliphatic heterocycles. The fourth-order valence-electron chi connectivity index (χ4n) is 2.74. The molecule has 1 unspecified atom stereocenters. The molecule has 0 saturated heterocycles. The Morgan fingerprint density at radius 2 is 2.10 bits per heavy atom. The van der Waals surface area contributed by atoms with Crippen LogP contribution >= 0.6 is 0 Å². The summed E-state index contributed by atoms with van der Waals surface area (Å²) in [5.74, 6) is 0.295. The first-order valence-corrected chi connectivity index (χ1v) is 7.56. The van der Waals surface area contributed by atoms with Gasteiger partial charge in [0.05, 0.1) is 11.6 Å². The summed E-state index contributed by atoms with van der Waals surface area (Å²) >= 11 is 0. The van der Waals surface area contributed by atoms with Gasteiger partial charge in [0.2, 0.25) is 0 Å². The van der Waals surface area contributed by atoms with E-state index in [-0.39, 0.29) is 18.6 Å². The van der Waals surface area contributed by atoms with E-state index in [1.807, 2.05) is 19.9 Å². The number of carbonyl (C=O) groups excluding carboxylic acids is 1. The van der Waals surface area contributed by atoms with Crippen LogP contribution in [0.1, 0.15) is 50.3 Å². The highest BCUT2D eigenvalue weighted by Crippen LogP contribution is 2.36. The molecular formula is C16H24N2O3. The lowest BCUT2D eigenvalue weighted by Crippen LogP contribution is -2.46. The van der Waals surface area contributed by atoms with Crippen LogP contribution < -0.4 is 10.6 Å². The molecule has 0 spiro atoms. The number of benzene rings is 1. The Morgan fingerprint density at radius 3 is 2.76 bits per heavy atom. The van der Waals surface area contributed by atoms with E-state index >= 15 is 0 Å². The number of aromatic hydroxyl groups is 1. The van der Waals surface area contributed by atoms with Crippen LogP contribution in [0.4, 0.5) is 4.79 Å². The van der Waals surface area contributed by atoms with E-state index in [1.165, 1.54) is 0 Å². The van der Waals surface area contributed by atoms with Gasteiger partial charge in [-0.25, -0.2) is 4.79 Å². The molecule has 0 fully saturated rings. The number of hydrogen-bond acceptors (Lipinski definition) is 3. The lowest BCUT2D eigenvalue weighted by atomic mass is 9.98. The van der Waals surface area contributed by atoms with Crippen LogP contribution in [0, 0.1) is 0 Å². The maximum Gasteiger partial charge on any atom is 0.315 e. The van der Waals surface area contributed by atoms with Crippen LogP contribution in [0.2, 0.25) is 0 Å². The van der Waals surface area contributed by atoms with Crippen molar-refractivity contribution in [2.24, 2.45) is 0 Å². The van der Waals surface area contributed by atoms with Crippen molar-refractivity contribution in [3.8, 4) is 5.75 Å². The maximum atomic E-state index is 12.0. The fourth-order valence-corrected chi connectivity index (χ4v) is 2.74. The topological polar surface area (TPSA) is 81.6 Å². The van der Waals surface area contributed by atoms with Gasteiger partial charge in [-0.1, -0.05) is 26.0 Å². The minimum absolute atomic E-state index is 0.0801. The zero-order chi connectivity index (χ0) is 15.5. The lowest BCUT2D eigenvalue weighted by Gasteiger charge is -2.26. The van der Waals surface area contributed by atoms with Gasteiger partial charge in [0.15, 0.2) is 0 Å². The second-order valence-electron chi connectivity index (χ2n) is 5.69. The number of aliphatic hydroxyl groups is 1. The number of phenols is 1. The summed E-state index contributed by atoms with van der Waals surface area (Å²) < 4.78 is 0. The summed E-state index contributed by atoms with van der Waals surface area (Å²) in [6.07, 6.45) is 2.75. The van der Waals surface area contributed by atoms with Gasteiger partial charge >= 0.3 is 6.03 Å². The van der Waals surface area contributed by atoms with E-state index in [0.29, 0.717) is 18.6 Å². The van der Waals surface area contributed by atoms with Crippen molar-refractivity contribution >= 4 is 6.03 Å². The van der Waals surface area contributed by atoms with Crippen molar-refractivity contribution in [2.75, 3.05) is 6.54 Å². The number of hydrogen-bond donors (Lipinski definition) is 4. The third-order valence-corrected chi connectivity index (χ3v) is 4.45. The minimum Gasteiger partial charge on any atom is -0.508 e. The predicted octanol–water partition coefficient (Wildman–Crippen LogP) is 2.23. The van der Waals surface area contributed by atoms with Crippen LogP contribution in [0.25, 0.3) is 0 Å². The van der Waals surface area contributed by atoms with Crippen molar-refractivity contribution in [2.45, 2.75) is 51.2 Å². The van der Waals surface area contributed by atoms with Gasteiger partial charge in [0.25, 0.3) is 0 Å². The monoisotopic (exact) mass is 292 g/mol. The number of nitrogens with one attached hydrogen (secondary N) is 2. The first kappa shape index (κ1) is 15.6. The number of phenolic OH excluding ortho intramolecular Hbond substituents is 1. The summed E-state index contributed by atoms with van der Waals surface area (Å²) in [4.78, 5) is 12.0. The fraction of sp³-hybridized carbons (Fsp3) is 0.562. The van der Waals surface area contributed by atoms with E-state index in [1.54, 1.807) is 12.1 Å². The molecule has 1 aliphatic carbocycles. The number of fused-ring (bicyclic) bond motifs is 1. The molecule has 1 aliphatic rings. The molecule has 0 aromatic heterocycles. The highest BCUT2D eigenvalue weighted by Gasteiger charge is 2.27. The van der Waals surface area contributed by atoms with Gasteiger partial charge in [-0.15, -0.1) is 0 Å². The maximum absolute atomic E-state index is 12.0. The molecule has 116 valence electrons. The van der Waals surface area contributed by atoms with Gasteiger partial charge < -0.3 is 20.8 Å². The van der Waals surface area contributed by atoms with Gasteiger partial charge in [-0.2, -0.15) is 0 Å².